The Bertz CT molecular complexity index is 1230. The summed E-state index contributed by atoms with van der Waals surface area (Å²) in [6.07, 6.45) is 6.00. The number of sulfonamides is 1. The quantitative estimate of drug-likeness (QED) is 0.498. The van der Waals surface area contributed by atoms with Crippen molar-refractivity contribution in [3.8, 4) is 0 Å². The molecule has 9 nitrogen and oxygen atoms in total. The lowest BCUT2D eigenvalue weighted by Gasteiger charge is -2.33. The second-order valence-electron chi connectivity index (χ2n) is 8.96. The molecule has 34 heavy (non-hydrogen) atoms. The molecule has 1 amide bonds. The number of nitrogens with zero attached hydrogens (tertiary/aromatic N) is 4. The lowest BCUT2D eigenvalue weighted by Crippen LogP contribution is -2.40. The minimum Gasteiger partial charge on any atom is -0.468 e. The van der Waals surface area contributed by atoms with Gasteiger partial charge >= 0.3 is 0 Å². The van der Waals surface area contributed by atoms with Crippen molar-refractivity contribution in [2.75, 3.05) is 33.7 Å². The van der Waals surface area contributed by atoms with E-state index in [1.54, 1.807) is 24.5 Å². The number of rotatable bonds is 9. The highest BCUT2D eigenvalue weighted by Crippen LogP contribution is 2.25. The Kier molecular flexibility index (Phi) is 7.39. The van der Waals surface area contributed by atoms with Gasteiger partial charge in [0.25, 0.3) is 0 Å². The monoisotopic (exact) mass is 487 g/mol. The molecule has 1 aromatic carbocycles. The maximum Gasteiger partial charge on any atom is 0.242 e. The smallest absolute Gasteiger partial charge is 0.242 e. The molecule has 0 radical (unpaired) electrons. The van der Waals surface area contributed by atoms with E-state index in [0.29, 0.717) is 24.9 Å². The highest BCUT2D eigenvalue weighted by Gasteiger charge is 2.25. The van der Waals surface area contributed by atoms with E-state index < -0.39 is 10.0 Å². The van der Waals surface area contributed by atoms with E-state index in [1.165, 1.54) is 24.8 Å². The van der Waals surface area contributed by atoms with Crippen LogP contribution >= 0.6 is 0 Å². The second kappa shape index (κ2) is 10.3. The van der Waals surface area contributed by atoms with Gasteiger partial charge in [-0.3, -0.25) is 9.69 Å². The van der Waals surface area contributed by atoms with Crippen LogP contribution in [0.15, 0.2) is 45.9 Å². The van der Waals surface area contributed by atoms with Crippen LogP contribution in [0.5, 0.6) is 0 Å². The fourth-order valence-corrected chi connectivity index (χ4v) is 5.39. The van der Waals surface area contributed by atoms with E-state index in [2.05, 4.69) is 15.2 Å². The van der Waals surface area contributed by atoms with Crippen LogP contribution in [0.25, 0.3) is 11.0 Å². The molecule has 1 N–H and O–H groups in total. The lowest BCUT2D eigenvalue weighted by molar-refractivity contribution is -0.121. The Labute approximate surface area is 200 Å². The molecule has 0 aliphatic carbocycles. The number of likely N-dealkylation sites (tertiary alicyclic amines) is 1. The summed E-state index contributed by atoms with van der Waals surface area (Å²) in [6.45, 7) is 2.51. The zero-order valence-corrected chi connectivity index (χ0v) is 20.8. The Morgan fingerprint density at radius 1 is 1.21 bits per heavy atom. The Hall–Kier alpha value is -2.69. The van der Waals surface area contributed by atoms with Crippen molar-refractivity contribution in [2.24, 2.45) is 7.05 Å². The van der Waals surface area contributed by atoms with E-state index in [0.717, 1.165) is 43.0 Å². The van der Waals surface area contributed by atoms with Gasteiger partial charge in [-0.05, 0) is 56.3 Å². The fraction of sp³-hybridized carbons (Fsp3) is 0.500. The number of carbonyl (C=O) groups excluding carboxylic acids is 1. The van der Waals surface area contributed by atoms with Crippen molar-refractivity contribution in [2.45, 2.75) is 43.0 Å². The number of benzene rings is 1. The average Bonchev–Trinajstić information content (AvgIpc) is 3.46. The van der Waals surface area contributed by atoms with Crippen LogP contribution in [0.1, 0.15) is 43.3 Å². The Balaban J connectivity index is 1.40. The van der Waals surface area contributed by atoms with Gasteiger partial charge in [0.2, 0.25) is 15.9 Å². The minimum atomic E-state index is -3.53. The van der Waals surface area contributed by atoms with Gasteiger partial charge in [-0.15, -0.1) is 0 Å². The molecule has 184 valence electrons. The highest BCUT2D eigenvalue weighted by atomic mass is 32.2. The van der Waals surface area contributed by atoms with Crippen LogP contribution in [0.4, 0.5) is 0 Å². The molecule has 3 heterocycles. The number of aryl methyl sites for hydroxylation is 2. The normalized spacial score (nSPS) is 16.2. The third kappa shape index (κ3) is 5.18. The van der Waals surface area contributed by atoms with Gasteiger partial charge < -0.3 is 14.3 Å². The van der Waals surface area contributed by atoms with E-state index in [9.17, 15) is 13.2 Å². The molecule has 0 saturated carbocycles. The summed E-state index contributed by atoms with van der Waals surface area (Å²) >= 11 is 0. The summed E-state index contributed by atoms with van der Waals surface area (Å²) in [5.41, 5.74) is 1.43. The standard InChI is InChI=1S/C24H33N5O4S/c1-27(2)34(31,32)18-9-10-20-19(16-18)26-23(28(20)3)11-12-24(30)25-17-21(22-8-7-15-33-22)29-13-5-4-6-14-29/h7-10,15-16,21H,4-6,11-14,17H2,1-3H3,(H,25,30). The largest absolute Gasteiger partial charge is 0.468 e. The second-order valence-corrected chi connectivity index (χ2v) is 11.1. The van der Waals surface area contributed by atoms with Crippen molar-refractivity contribution in [3.05, 3.63) is 48.2 Å². The summed E-state index contributed by atoms with van der Waals surface area (Å²) in [5, 5.41) is 3.07. The average molecular weight is 488 g/mol. The van der Waals surface area contributed by atoms with Gasteiger partial charge in [-0.2, -0.15) is 0 Å². The molecule has 1 saturated heterocycles. The third-order valence-corrected chi connectivity index (χ3v) is 8.31. The van der Waals surface area contributed by atoms with E-state index in [-0.39, 0.29) is 16.8 Å². The molecular weight excluding hydrogens is 454 g/mol. The molecule has 1 fully saturated rings. The maximum atomic E-state index is 12.7. The number of imidazole rings is 1. The van der Waals surface area contributed by atoms with E-state index in [1.807, 2.05) is 23.7 Å². The van der Waals surface area contributed by atoms with Crippen LogP contribution in [0.3, 0.4) is 0 Å². The lowest BCUT2D eigenvalue weighted by atomic mass is 10.1. The molecular formula is C24H33N5O4S. The minimum absolute atomic E-state index is 0.0343. The van der Waals surface area contributed by atoms with Gasteiger partial charge in [0.15, 0.2) is 0 Å². The SMILES string of the molecule is CN(C)S(=O)(=O)c1ccc2c(c1)nc(CCC(=O)NCC(c1ccco1)N1CCCCC1)n2C. The number of furan rings is 1. The van der Waals surface area contributed by atoms with Crippen LogP contribution in [-0.2, 0) is 28.3 Å². The van der Waals surface area contributed by atoms with Crippen molar-refractivity contribution < 1.29 is 17.6 Å². The first-order valence-electron chi connectivity index (χ1n) is 11.7. The summed E-state index contributed by atoms with van der Waals surface area (Å²) in [5.74, 6) is 1.57. The third-order valence-electron chi connectivity index (χ3n) is 6.49. The summed E-state index contributed by atoms with van der Waals surface area (Å²) in [4.78, 5) is 19.9. The number of aromatic nitrogens is 2. The first-order valence-corrected chi connectivity index (χ1v) is 13.1. The zero-order valence-electron chi connectivity index (χ0n) is 20.0. The number of nitrogens with one attached hydrogen (secondary N) is 1. The molecule has 3 aromatic rings. The molecule has 1 aliphatic rings. The topological polar surface area (TPSA) is 101 Å². The van der Waals surface area contributed by atoms with Crippen LogP contribution in [0, 0.1) is 0 Å². The predicted octanol–water partition coefficient (Wildman–Crippen LogP) is 2.69. The van der Waals surface area contributed by atoms with E-state index >= 15 is 0 Å². The zero-order chi connectivity index (χ0) is 24.3. The number of piperidine rings is 1. The summed E-state index contributed by atoms with van der Waals surface area (Å²) in [7, 11) is 1.36. The molecule has 1 aliphatic heterocycles. The molecule has 0 spiro atoms. The molecule has 1 atom stereocenters. The van der Waals surface area contributed by atoms with Gasteiger partial charge in [0.05, 0.1) is 28.2 Å². The number of hydrogen-bond acceptors (Lipinski definition) is 6. The van der Waals surface area contributed by atoms with Crippen molar-refractivity contribution in [1.29, 1.82) is 0 Å². The number of carbonyl (C=O) groups is 1. The van der Waals surface area contributed by atoms with Gasteiger partial charge in [-0.25, -0.2) is 17.7 Å². The molecule has 4 rings (SSSR count). The summed E-state index contributed by atoms with van der Waals surface area (Å²) in [6, 6.07) is 8.82. The van der Waals surface area contributed by atoms with Crippen molar-refractivity contribution >= 4 is 27.0 Å². The predicted molar refractivity (Wildman–Crippen MR) is 130 cm³/mol. The Morgan fingerprint density at radius 2 is 1.97 bits per heavy atom. The Morgan fingerprint density at radius 3 is 2.65 bits per heavy atom. The van der Waals surface area contributed by atoms with Crippen LogP contribution < -0.4 is 5.32 Å². The van der Waals surface area contributed by atoms with Gasteiger partial charge in [0, 0.05) is 40.5 Å². The number of amides is 1. The maximum absolute atomic E-state index is 12.7. The first-order chi connectivity index (χ1) is 16.3. The van der Waals surface area contributed by atoms with Crippen LogP contribution in [-0.4, -0.2) is 66.8 Å². The highest BCUT2D eigenvalue weighted by molar-refractivity contribution is 7.89. The van der Waals surface area contributed by atoms with Gasteiger partial charge in [0.1, 0.15) is 11.6 Å². The van der Waals surface area contributed by atoms with Crippen molar-refractivity contribution in [1.82, 2.24) is 24.1 Å². The van der Waals surface area contributed by atoms with Gasteiger partial charge in [-0.1, -0.05) is 6.42 Å². The molecule has 0 bridgehead atoms. The number of fused-ring (bicyclic) bond motifs is 1. The molecule has 1 unspecified atom stereocenters. The van der Waals surface area contributed by atoms with Crippen molar-refractivity contribution in [3.63, 3.8) is 0 Å². The summed E-state index contributed by atoms with van der Waals surface area (Å²) < 4.78 is 33.6. The molecule has 10 heteroatoms. The molecule has 2 aromatic heterocycles. The number of hydrogen-bond donors (Lipinski definition) is 1. The van der Waals surface area contributed by atoms with Crippen LogP contribution in [0.2, 0.25) is 0 Å². The van der Waals surface area contributed by atoms with E-state index in [4.69, 9.17) is 4.42 Å². The first kappa shape index (κ1) is 24.4. The fourth-order valence-electron chi connectivity index (χ4n) is 4.47.